The summed E-state index contributed by atoms with van der Waals surface area (Å²) in [4.78, 5) is 78.1. The third kappa shape index (κ3) is 11.6. The highest BCUT2D eigenvalue weighted by atomic mass is 16.6. The van der Waals surface area contributed by atoms with Crippen molar-refractivity contribution in [3.63, 3.8) is 0 Å². The van der Waals surface area contributed by atoms with Crippen molar-refractivity contribution in [3.05, 3.63) is 201 Å². The van der Waals surface area contributed by atoms with E-state index in [2.05, 4.69) is 20.6 Å². The maximum atomic E-state index is 15.1. The van der Waals surface area contributed by atoms with E-state index in [0.717, 1.165) is 55.2 Å². The van der Waals surface area contributed by atoms with Gasteiger partial charge in [-0.05, 0) is 74.9 Å². The predicted molar refractivity (Wildman–Crippen MR) is 294 cm³/mol. The summed E-state index contributed by atoms with van der Waals surface area (Å²) in [5.74, 6) is -3.05. The molecule has 0 spiro atoms. The second kappa shape index (κ2) is 22.9. The third-order valence-electron chi connectivity index (χ3n) is 13.2. The van der Waals surface area contributed by atoms with Crippen molar-refractivity contribution in [1.82, 2.24) is 20.6 Å². The molecule has 0 saturated carbocycles. The van der Waals surface area contributed by atoms with E-state index in [4.69, 9.17) is 18.6 Å². The van der Waals surface area contributed by atoms with Crippen LogP contribution in [0.3, 0.4) is 0 Å². The van der Waals surface area contributed by atoms with Gasteiger partial charge in [0.2, 0.25) is 17.2 Å². The second-order valence-electron chi connectivity index (χ2n) is 19.3. The van der Waals surface area contributed by atoms with Crippen LogP contribution in [0.5, 0.6) is 23.0 Å². The van der Waals surface area contributed by atoms with Crippen molar-refractivity contribution in [2.75, 3.05) is 7.11 Å². The first kappa shape index (κ1) is 51.7. The first-order valence-electron chi connectivity index (χ1n) is 25.1. The minimum absolute atomic E-state index is 0.00462. The van der Waals surface area contributed by atoms with Crippen LogP contribution in [0.4, 0.5) is 0 Å². The number of nitrogens with one attached hydrogen (secondary N) is 4. The lowest BCUT2D eigenvalue weighted by Gasteiger charge is -2.21. The molecule has 0 fully saturated rings. The van der Waals surface area contributed by atoms with Crippen molar-refractivity contribution in [2.24, 2.45) is 0 Å². The average Bonchev–Trinajstić information content (AvgIpc) is 4.03. The number of phenolic OH excluding ortho intramolecular Hbond substituents is 1. The van der Waals surface area contributed by atoms with Crippen molar-refractivity contribution >= 4 is 67.5 Å². The number of hydrogen-bond acceptors (Lipinski definition) is 10. The number of carbonyl (C=O) groups is 4. The Morgan fingerprint density at radius 1 is 0.605 bits per heavy atom. The lowest BCUT2D eigenvalue weighted by atomic mass is 9.98. The zero-order valence-corrected chi connectivity index (χ0v) is 42.9. The topological polar surface area (TPSA) is 202 Å². The Labute approximate surface area is 438 Å². The summed E-state index contributed by atoms with van der Waals surface area (Å²) in [5.41, 5.74) is 6.21. The molecule has 3 aromatic heterocycles. The summed E-state index contributed by atoms with van der Waals surface area (Å²) in [6, 6.07) is 33.9. The quantitative estimate of drug-likeness (QED) is 0.0225. The van der Waals surface area contributed by atoms with Gasteiger partial charge in [-0.3, -0.25) is 14.4 Å². The summed E-state index contributed by atoms with van der Waals surface area (Å²) in [7, 11) is 1.39. The van der Waals surface area contributed by atoms with Gasteiger partial charge in [0.25, 0.3) is 0 Å². The van der Waals surface area contributed by atoms with Gasteiger partial charge in [-0.2, -0.15) is 0 Å². The van der Waals surface area contributed by atoms with Gasteiger partial charge in [0.1, 0.15) is 40.1 Å². The molecule has 76 heavy (non-hydrogen) atoms. The number of benzene rings is 6. The normalized spacial score (nSPS) is 12.0. The highest BCUT2D eigenvalue weighted by molar-refractivity contribution is 5.99. The molecule has 14 nitrogen and oxygen atoms in total. The average molecular weight is 1020 g/mol. The molecule has 386 valence electrons. The lowest BCUT2D eigenvalue weighted by Crippen LogP contribution is -2.45. The molecule has 14 heteroatoms. The van der Waals surface area contributed by atoms with Crippen molar-refractivity contribution < 1.29 is 42.9 Å². The van der Waals surface area contributed by atoms with Crippen molar-refractivity contribution in [1.29, 1.82) is 0 Å². The van der Waals surface area contributed by atoms with E-state index in [0.29, 0.717) is 5.56 Å². The van der Waals surface area contributed by atoms with E-state index in [-0.39, 0.29) is 83.3 Å². The summed E-state index contributed by atoms with van der Waals surface area (Å²) in [5, 5.41) is 19.7. The Kier molecular flexibility index (Phi) is 15.6. The molecule has 9 rings (SSSR count). The fraction of sp³-hybridized carbons (Fsp3) is 0.210. The molecule has 0 saturated heterocycles. The van der Waals surface area contributed by atoms with Gasteiger partial charge in [-0.1, -0.05) is 120 Å². The molecule has 0 radical (unpaired) electrons. The van der Waals surface area contributed by atoms with Crippen LogP contribution in [0.25, 0.3) is 43.7 Å². The number of phenols is 1. The summed E-state index contributed by atoms with van der Waals surface area (Å²) in [6.45, 7) is 7.54. The number of carbonyl (C=O) groups excluding carboxylic acids is 4. The van der Waals surface area contributed by atoms with Crippen molar-refractivity contribution in [3.8, 4) is 23.0 Å². The molecule has 0 bridgehead atoms. The Balaban J connectivity index is 1.13. The highest BCUT2D eigenvalue weighted by Gasteiger charge is 2.31. The molecule has 2 atom stereocenters. The van der Waals surface area contributed by atoms with E-state index < -0.39 is 47.0 Å². The first-order valence-corrected chi connectivity index (χ1v) is 25.1. The van der Waals surface area contributed by atoms with Crippen LogP contribution in [0.2, 0.25) is 0 Å². The van der Waals surface area contributed by atoms with E-state index >= 15 is 4.79 Å². The maximum absolute atomic E-state index is 15.1. The number of methoxy groups -OCH3 is 1. The Hall–Kier alpha value is -9.17. The number of aromatic hydroxyl groups is 1. The fourth-order valence-electron chi connectivity index (χ4n) is 9.44. The molecular formula is C62H58N4O10. The molecule has 0 aliphatic carbocycles. The number of esters is 2. The summed E-state index contributed by atoms with van der Waals surface area (Å²) < 4.78 is 25.0. The third-order valence-corrected chi connectivity index (χ3v) is 13.2. The largest absolute Gasteiger partial charge is 0.507 e. The molecule has 0 aliphatic heterocycles. The predicted octanol–water partition coefficient (Wildman–Crippen LogP) is 10.4. The van der Waals surface area contributed by atoms with Gasteiger partial charge in [-0.15, -0.1) is 0 Å². The number of fused-ring (bicyclic) bond motifs is 4. The number of para-hydroxylation sites is 2. The van der Waals surface area contributed by atoms with Crippen LogP contribution in [-0.4, -0.2) is 58.0 Å². The molecule has 3 heterocycles. The van der Waals surface area contributed by atoms with E-state index in [9.17, 15) is 24.3 Å². The number of H-pyrrole nitrogens is 2. The van der Waals surface area contributed by atoms with Gasteiger partial charge in [-0.25, -0.2) is 9.59 Å². The van der Waals surface area contributed by atoms with Crippen molar-refractivity contribution in [2.45, 2.75) is 78.3 Å². The van der Waals surface area contributed by atoms with E-state index in [1.807, 2.05) is 149 Å². The van der Waals surface area contributed by atoms with Gasteiger partial charge >= 0.3 is 11.9 Å². The zero-order chi connectivity index (χ0) is 53.5. The van der Waals surface area contributed by atoms with E-state index in [1.165, 1.54) is 19.2 Å². The minimum atomic E-state index is -1.20. The van der Waals surface area contributed by atoms with Crippen LogP contribution in [0.1, 0.15) is 61.1 Å². The number of aromatic amines is 2. The number of allylic oxidation sites excluding steroid dienone is 4. The molecule has 0 unspecified atom stereocenters. The monoisotopic (exact) mass is 1020 g/mol. The number of aromatic nitrogens is 2. The SMILES string of the molecule is COc1c(OC(=O)[C@@H](Cc2c[nH]c3ccccc23)NC(=O)Cc2ccccc2)cc2oc3cc(OC(=O)[C@@H](Cc4c[nH]c5ccccc45)NC(=O)Cc4ccccc4)c(CC=C(C)C)c(O)c3c(=O)c2c1CC=C(C)C. The lowest BCUT2D eigenvalue weighted by molar-refractivity contribution is -0.139. The maximum Gasteiger partial charge on any atom is 0.334 e. The minimum Gasteiger partial charge on any atom is -0.507 e. The molecule has 5 N–H and O–H groups in total. The fourth-order valence-corrected chi connectivity index (χ4v) is 9.44. The molecule has 2 amide bonds. The number of rotatable bonds is 19. The van der Waals surface area contributed by atoms with Gasteiger partial charge in [0.15, 0.2) is 11.5 Å². The Morgan fingerprint density at radius 2 is 1.05 bits per heavy atom. The molecule has 6 aromatic carbocycles. The first-order chi connectivity index (χ1) is 36.7. The zero-order valence-electron chi connectivity index (χ0n) is 42.9. The van der Waals surface area contributed by atoms with Crippen LogP contribution >= 0.6 is 0 Å². The van der Waals surface area contributed by atoms with Crippen LogP contribution in [-0.2, 0) is 57.7 Å². The number of amides is 2. The van der Waals surface area contributed by atoms with Crippen LogP contribution in [0.15, 0.2) is 166 Å². The summed E-state index contributed by atoms with van der Waals surface area (Å²) in [6.07, 6.45) is 7.61. The smallest absolute Gasteiger partial charge is 0.334 e. The Morgan fingerprint density at radius 3 is 1.55 bits per heavy atom. The van der Waals surface area contributed by atoms with Gasteiger partial charge in [0, 0.05) is 70.3 Å². The van der Waals surface area contributed by atoms with Gasteiger partial charge in [0.05, 0.1) is 25.3 Å². The standard InChI is InChI=1S/C62H58N4O10/c1-36(2)24-26-44-50(75-61(71)48(65-54(67)28-38-16-8-6-9-17-38)30-40-34-63-46-22-14-12-20-42(40)46)32-52-57(58(44)69)59(70)56-45(27-25-37(3)4)60(73-5)53(33-51(56)74-52)76-62(72)49(66-55(68)29-39-18-10-7-11-19-39)31-41-35-64-47-23-15-13-21-43(41)47/h6-25,32-35,48-49,63-64,69H,26-31H2,1-5H3,(H,65,67)(H,66,68)/t48-,49-/m1/s1. The van der Waals surface area contributed by atoms with Crippen LogP contribution in [0, 0.1) is 0 Å². The second-order valence-corrected chi connectivity index (χ2v) is 19.3. The number of ether oxygens (including phenoxy) is 3. The van der Waals surface area contributed by atoms with E-state index in [1.54, 1.807) is 12.4 Å². The summed E-state index contributed by atoms with van der Waals surface area (Å²) >= 11 is 0. The van der Waals surface area contributed by atoms with Crippen LogP contribution < -0.4 is 30.3 Å². The number of hydrogen-bond donors (Lipinski definition) is 5. The van der Waals surface area contributed by atoms with Gasteiger partial charge < -0.3 is 44.3 Å². The molecule has 9 aromatic rings. The highest BCUT2D eigenvalue weighted by Crippen LogP contribution is 2.42. The Bertz CT molecular complexity index is 3770. The molecule has 0 aliphatic rings. The molecular weight excluding hydrogens is 961 g/mol.